The molecule has 0 saturated carbocycles. The lowest BCUT2D eigenvalue weighted by Crippen LogP contribution is -2.19. The first kappa shape index (κ1) is 15.5. The van der Waals surface area contributed by atoms with Crippen LogP contribution < -0.4 is 0 Å². The second-order valence-corrected chi connectivity index (χ2v) is 6.26. The van der Waals surface area contributed by atoms with Gasteiger partial charge in [-0.05, 0) is 42.3 Å². The Hall–Kier alpha value is -2.98. The predicted molar refractivity (Wildman–Crippen MR) is 100 cm³/mol. The maximum Gasteiger partial charge on any atom is 0.0649 e. The van der Waals surface area contributed by atoms with Crippen molar-refractivity contribution in [1.29, 1.82) is 0 Å². The molecular formula is C21H20N4. The predicted octanol–water partition coefficient (Wildman–Crippen LogP) is 4.05. The van der Waals surface area contributed by atoms with E-state index >= 15 is 0 Å². The standard InChI is InChI=1S/C21H20N4/c1-24(15-18-7-5-6-17-14-22-12-11-21(17)18)16-20-10-13-23-25(20)19-8-3-2-4-9-19/h2-14H,15-16H2,1H3. The Morgan fingerprint density at radius 2 is 1.76 bits per heavy atom. The number of aromatic nitrogens is 3. The molecule has 2 heterocycles. The summed E-state index contributed by atoms with van der Waals surface area (Å²) in [5.41, 5.74) is 3.58. The first-order chi connectivity index (χ1) is 12.3. The highest BCUT2D eigenvalue weighted by Gasteiger charge is 2.09. The molecule has 0 atom stereocenters. The zero-order valence-electron chi connectivity index (χ0n) is 14.2. The van der Waals surface area contributed by atoms with Crippen LogP contribution in [0.25, 0.3) is 16.5 Å². The van der Waals surface area contributed by atoms with E-state index in [-0.39, 0.29) is 0 Å². The molecule has 0 radical (unpaired) electrons. The molecule has 4 heteroatoms. The lowest BCUT2D eigenvalue weighted by atomic mass is 10.1. The topological polar surface area (TPSA) is 34.0 Å². The van der Waals surface area contributed by atoms with Crippen LogP contribution in [0.3, 0.4) is 0 Å². The summed E-state index contributed by atoms with van der Waals surface area (Å²) in [6, 6.07) is 20.8. The third-order valence-corrected chi connectivity index (χ3v) is 4.37. The molecular weight excluding hydrogens is 308 g/mol. The molecule has 4 aromatic rings. The Morgan fingerprint density at radius 3 is 2.64 bits per heavy atom. The molecule has 124 valence electrons. The summed E-state index contributed by atoms with van der Waals surface area (Å²) in [6.45, 7) is 1.71. The molecule has 0 aliphatic rings. The summed E-state index contributed by atoms with van der Waals surface area (Å²) in [4.78, 5) is 6.53. The van der Waals surface area contributed by atoms with Crippen molar-refractivity contribution >= 4 is 10.8 Å². The summed E-state index contributed by atoms with van der Waals surface area (Å²) in [6.07, 6.45) is 5.64. The maximum absolute atomic E-state index is 4.48. The Bertz CT molecular complexity index is 970. The van der Waals surface area contributed by atoms with Gasteiger partial charge in [-0.3, -0.25) is 9.88 Å². The van der Waals surface area contributed by atoms with Gasteiger partial charge in [0.05, 0.1) is 11.4 Å². The normalized spacial score (nSPS) is 11.3. The van der Waals surface area contributed by atoms with Crippen LogP contribution >= 0.6 is 0 Å². The van der Waals surface area contributed by atoms with Crippen molar-refractivity contribution < 1.29 is 0 Å². The van der Waals surface area contributed by atoms with Crippen molar-refractivity contribution in [1.82, 2.24) is 19.7 Å². The van der Waals surface area contributed by atoms with E-state index in [4.69, 9.17) is 0 Å². The maximum atomic E-state index is 4.48. The van der Waals surface area contributed by atoms with Crippen LogP contribution in [-0.2, 0) is 13.1 Å². The molecule has 0 aliphatic carbocycles. The van der Waals surface area contributed by atoms with Crippen LogP contribution in [0, 0.1) is 0 Å². The summed E-state index contributed by atoms with van der Waals surface area (Å²) in [5, 5.41) is 6.93. The van der Waals surface area contributed by atoms with Crippen molar-refractivity contribution in [2.75, 3.05) is 7.05 Å². The molecule has 2 aromatic carbocycles. The largest absolute Gasteiger partial charge is 0.296 e. The average molecular weight is 328 g/mol. The fourth-order valence-electron chi connectivity index (χ4n) is 3.20. The van der Waals surface area contributed by atoms with Crippen LogP contribution in [-0.4, -0.2) is 26.7 Å². The zero-order chi connectivity index (χ0) is 17.1. The molecule has 0 N–H and O–H groups in total. The summed E-state index contributed by atoms with van der Waals surface area (Å²) in [5.74, 6) is 0. The molecule has 4 nitrogen and oxygen atoms in total. The van der Waals surface area contributed by atoms with Gasteiger partial charge in [0.2, 0.25) is 0 Å². The Morgan fingerprint density at radius 1 is 0.880 bits per heavy atom. The summed E-state index contributed by atoms with van der Waals surface area (Å²) >= 11 is 0. The minimum atomic E-state index is 0.830. The molecule has 0 amide bonds. The van der Waals surface area contributed by atoms with Gasteiger partial charge in [0, 0.05) is 37.1 Å². The number of benzene rings is 2. The van der Waals surface area contributed by atoms with Gasteiger partial charge in [-0.15, -0.1) is 0 Å². The van der Waals surface area contributed by atoms with Gasteiger partial charge in [0.15, 0.2) is 0 Å². The number of hydrogen-bond donors (Lipinski definition) is 0. The average Bonchev–Trinajstić information content (AvgIpc) is 3.11. The Labute approximate surface area is 147 Å². The number of nitrogens with zero attached hydrogens (tertiary/aromatic N) is 4. The van der Waals surface area contributed by atoms with Gasteiger partial charge in [-0.2, -0.15) is 5.10 Å². The van der Waals surface area contributed by atoms with Crippen molar-refractivity contribution in [3.05, 3.63) is 90.5 Å². The van der Waals surface area contributed by atoms with Gasteiger partial charge in [-0.1, -0.05) is 36.4 Å². The van der Waals surface area contributed by atoms with E-state index < -0.39 is 0 Å². The Balaban J connectivity index is 1.55. The molecule has 0 bridgehead atoms. The van der Waals surface area contributed by atoms with Crippen molar-refractivity contribution in [3.63, 3.8) is 0 Å². The van der Waals surface area contributed by atoms with Crippen molar-refractivity contribution in [2.45, 2.75) is 13.1 Å². The molecule has 0 aliphatic heterocycles. The highest BCUT2D eigenvalue weighted by molar-refractivity contribution is 5.84. The van der Waals surface area contributed by atoms with Crippen molar-refractivity contribution in [3.8, 4) is 5.69 Å². The highest BCUT2D eigenvalue weighted by Crippen LogP contribution is 2.20. The second-order valence-electron chi connectivity index (χ2n) is 6.26. The van der Waals surface area contributed by atoms with Crippen LogP contribution in [0.1, 0.15) is 11.3 Å². The number of rotatable bonds is 5. The number of hydrogen-bond acceptors (Lipinski definition) is 3. The Kier molecular flexibility index (Phi) is 4.27. The van der Waals surface area contributed by atoms with E-state index in [1.54, 1.807) is 0 Å². The molecule has 0 saturated heterocycles. The zero-order valence-corrected chi connectivity index (χ0v) is 14.2. The first-order valence-corrected chi connectivity index (χ1v) is 8.40. The van der Waals surface area contributed by atoms with Gasteiger partial charge in [0.1, 0.15) is 0 Å². The van der Waals surface area contributed by atoms with Crippen LogP contribution in [0.4, 0.5) is 0 Å². The van der Waals surface area contributed by atoms with Crippen LogP contribution in [0.5, 0.6) is 0 Å². The van der Waals surface area contributed by atoms with Gasteiger partial charge < -0.3 is 0 Å². The fourth-order valence-corrected chi connectivity index (χ4v) is 3.20. The third kappa shape index (κ3) is 3.30. The van der Waals surface area contributed by atoms with E-state index in [1.807, 2.05) is 41.5 Å². The lowest BCUT2D eigenvalue weighted by Gasteiger charge is -2.18. The minimum absolute atomic E-state index is 0.830. The smallest absolute Gasteiger partial charge is 0.0649 e. The molecule has 2 aromatic heterocycles. The van der Waals surface area contributed by atoms with Gasteiger partial charge in [0.25, 0.3) is 0 Å². The number of pyridine rings is 1. The molecule has 4 rings (SSSR count). The van der Waals surface area contributed by atoms with Gasteiger partial charge >= 0.3 is 0 Å². The molecule has 0 fully saturated rings. The SMILES string of the molecule is CN(Cc1cccc2cnccc12)Cc1ccnn1-c1ccccc1. The van der Waals surface area contributed by atoms with Crippen molar-refractivity contribution in [2.24, 2.45) is 0 Å². The second kappa shape index (κ2) is 6.87. The third-order valence-electron chi connectivity index (χ3n) is 4.37. The molecule has 25 heavy (non-hydrogen) atoms. The first-order valence-electron chi connectivity index (χ1n) is 8.40. The molecule has 0 unspecified atom stereocenters. The molecule has 0 spiro atoms. The number of para-hydroxylation sites is 1. The van der Waals surface area contributed by atoms with E-state index in [2.05, 4.69) is 64.5 Å². The quantitative estimate of drug-likeness (QED) is 0.554. The minimum Gasteiger partial charge on any atom is -0.296 e. The van der Waals surface area contributed by atoms with E-state index in [9.17, 15) is 0 Å². The monoisotopic (exact) mass is 328 g/mol. The van der Waals surface area contributed by atoms with Crippen LogP contribution in [0.15, 0.2) is 79.3 Å². The van der Waals surface area contributed by atoms with E-state index in [0.717, 1.165) is 18.8 Å². The lowest BCUT2D eigenvalue weighted by molar-refractivity contribution is 0.313. The highest BCUT2D eigenvalue weighted by atomic mass is 15.3. The fraction of sp³-hybridized carbons (Fsp3) is 0.143. The van der Waals surface area contributed by atoms with Crippen LogP contribution in [0.2, 0.25) is 0 Å². The number of fused-ring (bicyclic) bond motifs is 1. The summed E-state index contributed by atoms with van der Waals surface area (Å²) < 4.78 is 2.00. The van der Waals surface area contributed by atoms with Gasteiger partial charge in [-0.25, -0.2) is 4.68 Å². The van der Waals surface area contributed by atoms with E-state index in [1.165, 1.54) is 22.0 Å². The van der Waals surface area contributed by atoms with E-state index in [0.29, 0.717) is 0 Å². The summed E-state index contributed by atoms with van der Waals surface area (Å²) in [7, 11) is 2.14.